The number of carbonyl (C=O) groups excluding carboxylic acids is 3. The van der Waals surface area contributed by atoms with Crippen LogP contribution in [0.2, 0.25) is 5.15 Å². The zero-order chi connectivity index (χ0) is 28.1. The van der Waals surface area contributed by atoms with Gasteiger partial charge in [0.1, 0.15) is 33.9 Å². The molecular formula is C27H26ClF2N5O4. The monoisotopic (exact) mass is 557 g/mol. The number of aryl methyl sites for hydroxylation is 1. The number of fused-ring (bicyclic) bond motifs is 4. The van der Waals surface area contributed by atoms with E-state index in [1.165, 1.54) is 6.92 Å². The van der Waals surface area contributed by atoms with Crippen LogP contribution in [0.15, 0.2) is 42.5 Å². The number of hydrogen-bond donors (Lipinski definition) is 4. The van der Waals surface area contributed by atoms with E-state index in [2.05, 4.69) is 25.9 Å². The Morgan fingerprint density at radius 3 is 2.64 bits per heavy atom. The van der Waals surface area contributed by atoms with Gasteiger partial charge in [-0.15, -0.1) is 0 Å². The molecule has 3 amide bonds. The van der Waals surface area contributed by atoms with Crippen LogP contribution < -0.4 is 16.0 Å². The van der Waals surface area contributed by atoms with Gasteiger partial charge in [0, 0.05) is 17.7 Å². The zero-order valence-corrected chi connectivity index (χ0v) is 21.9. The summed E-state index contributed by atoms with van der Waals surface area (Å²) in [5.41, 5.74) is 1.05. The lowest BCUT2D eigenvalue weighted by atomic mass is 10.1. The summed E-state index contributed by atoms with van der Waals surface area (Å²) in [4.78, 5) is 44.9. The maximum absolute atomic E-state index is 14.5. The molecule has 1 aliphatic rings. The topological polar surface area (TPSA) is 125 Å². The molecule has 0 saturated carbocycles. The van der Waals surface area contributed by atoms with Crippen molar-refractivity contribution in [2.24, 2.45) is 0 Å². The van der Waals surface area contributed by atoms with Gasteiger partial charge in [0.2, 0.25) is 5.91 Å². The van der Waals surface area contributed by atoms with Crippen LogP contribution in [0.1, 0.15) is 54.0 Å². The van der Waals surface area contributed by atoms with Crippen LogP contribution in [0, 0.1) is 18.6 Å². The normalized spacial score (nSPS) is 16.0. The highest BCUT2D eigenvalue weighted by molar-refractivity contribution is 6.32. The number of rotatable bonds is 4. The Balaban J connectivity index is 1.72. The van der Waals surface area contributed by atoms with E-state index in [0.717, 1.165) is 12.1 Å². The average Bonchev–Trinajstić information content (AvgIpc) is 3.23. The fourth-order valence-corrected chi connectivity index (χ4v) is 4.33. The fourth-order valence-electron chi connectivity index (χ4n) is 4.09. The highest BCUT2D eigenvalue weighted by Gasteiger charge is 2.25. The molecule has 0 aliphatic carbocycles. The quantitative estimate of drug-likeness (QED) is 0.291. The zero-order valence-electron chi connectivity index (χ0n) is 21.2. The summed E-state index contributed by atoms with van der Waals surface area (Å²) in [5.74, 6) is -2.95. The van der Waals surface area contributed by atoms with Crippen LogP contribution in [-0.4, -0.2) is 34.5 Å². The highest BCUT2D eigenvalue weighted by atomic mass is 35.5. The molecule has 4 rings (SSSR count). The van der Waals surface area contributed by atoms with Crippen molar-refractivity contribution < 1.29 is 27.9 Å². The number of ether oxygens (including phenoxy) is 1. The molecular weight excluding hydrogens is 532 g/mol. The number of halogens is 3. The first-order valence-electron chi connectivity index (χ1n) is 12.2. The molecule has 12 heteroatoms. The van der Waals surface area contributed by atoms with Gasteiger partial charge >= 0.3 is 6.09 Å². The molecule has 2 aromatic carbocycles. The van der Waals surface area contributed by atoms with Crippen LogP contribution in [0.25, 0.3) is 11.3 Å². The molecule has 1 aliphatic heterocycles. The van der Waals surface area contributed by atoms with Crippen LogP contribution in [0.3, 0.4) is 0 Å². The van der Waals surface area contributed by atoms with Gasteiger partial charge < -0.3 is 20.4 Å². The van der Waals surface area contributed by atoms with Gasteiger partial charge in [-0.2, -0.15) is 0 Å². The van der Waals surface area contributed by atoms with Gasteiger partial charge in [0.15, 0.2) is 0 Å². The first-order valence-corrected chi connectivity index (χ1v) is 12.6. The lowest BCUT2D eigenvalue weighted by Gasteiger charge is -2.16. The summed E-state index contributed by atoms with van der Waals surface area (Å²) >= 11 is 6.50. The van der Waals surface area contributed by atoms with Gasteiger partial charge in [-0.3, -0.25) is 14.9 Å². The second-order valence-corrected chi connectivity index (χ2v) is 9.19. The van der Waals surface area contributed by atoms with Crippen molar-refractivity contribution in [2.75, 3.05) is 17.2 Å². The number of nitrogens with one attached hydrogen (secondary N) is 4. The molecule has 3 aromatic rings. The SMILES string of the molecule is CCOC(=O)Nc1ccc2c(c1)NC(=O)CC/C=C/C[C@H](NC(=O)c1c(F)cc(C)cc1F)c1nc-2c(Cl)[nH]1. The van der Waals surface area contributed by atoms with Crippen molar-refractivity contribution in [3.63, 3.8) is 0 Å². The third-order valence-corrected chi connectivity index (χ3v) is 6.15. The predicted octanol–water partition coefficient (Wildman–Crippen LogP) is 6.03. The fraction of sp³-hybridized carbons (Fsp3) is 0.259. The minimum Gasteiger partial charge on any atom is -0.450 e. The largest absolute Gasteiger partial charge is 0.450 e. The molecule has 0 spiro atoms. The number of H-pyrrole nitrogens is 1. The molecule has 0 radical (unpaired) electrons. The maximum Gasteiger partial charge on any atom is 0.411 e. The lowest BCUT2D eigenvalue weighted by molar-refractivity contribution is -0.116. The summed E-state index contributed by atoms with van der Waals surface area (Å²) in [6, 6.07) is 6.09. The van der Waals surface area contributed by atoms with Crippen molar-refractivity contribution >= 4 is 40.9 Å². The molecule has 2 heterocycles. The molecule has 0 saturated heterocycles. The minimum absolute atomic E-state index is 0.111. The van der Waals surface area contributed by atoms with E-state index in [1.807, 2.05) is 0 Å². The summed E-state index contributed by atoms with van der Waals surface area (Å²) in [7, 11) is 0. The number of hydrogen-bond acceptors (Lipinski definition) is 5. The van der Waals surface area contributed by atoms with E-state index in [0.29, 0.717) is 28.9 Å². The molecule has 0 fully saturated rings. The second kappa shape index (κ2) is 12.1. The molecule has 1 aromatic heterocycles. The van der Waals surface area contributed by atoms with Crippen molar-refractivity contribution in [1.82, 2.24) is 15.3 Å². The van der Waals surface area contributed by atoms with Gasteiger partial charge in [0.25, 0.3) is 5.91 Å². The Kier molecular flexibility index (Phi) is 8.60. The number of benzene rings is 2. The van der Waals surface area contributed by atoms with Crippen LogP contribution in [0.5, 0.6) is 0 Å². The van der Waals surface area contributed by atoms with E-state index in [4.69, 9.17) is 16.3 Å². The average molecular weight is 558 g/mol. The molecule has 39 heavy (non-hydrogen) atoms. The van der Waals surface area contributed by atoms with Crippen molar-refractivity contribution in [2.45, 2.75) is 39.2 Å². The molecule has 2 bridgehead atoms. The van der Waals surface area contributed by atoms with Gasteiger partial charge in [-0.05, 0) is 62.6 Å². The summed E-state index contributed by atoms with van der Waals surface area (Å²) in [5, 5.41) is 8.15. The van der Waals surface area contributed by atoms with Crippen LogP contribution >= 0.6 is 11.6 Å². The smallest absolute Gasteiger partial charge is 0.411 e. The maximum atomic E-state index is 14.5. The number of amides is 3. The van der Waals surface area contributed by atoms with Crippen molar-refractivity contribution in [1.29, 1.82) is 0 Å². The predicted molar refractivity (Wildman–Crippen MR) is 143 cm³/mol. The number of anilines is 2. The van der Waals surface area contributed by atoms with E-state index in [1.54, 1.807) is 37.3 Å². The Hall–Kier alpha value is -4.25. The standard InChI is InChI=1S/C27H26ClF2N5O4/c1-3-39-27(38)31-15-9-10-16-20(13-15)32-21(36)8-6-4-5-7-19(25-34-23(16)24(28)35-25)33-26(37)22-17(29)11-14(2)12-18(22)30/h4-5,9-13,19H,3,6-8H2,1-2H3,(H,31,38)(H,32,36)(H,33,37)(H,34,35)/b5-4+/t19-/m0/s1. The molecule has 9 nitrogen and oxygen atoms in total. The molecule has 4 N–H and O–H groups in total. The third-order valence-electron chi connectivity index (χ3n) is 5.87. The number of carbonyl (C=O) groups is 3. The van der Waals surface area contributed by atoms with Crippen molar-refractivity contribution in [3.05, 3.63) is 76.2 Å². The lowest BCUT2D eigenvalue weighted by Crippen LogP contribution is -2.30. The number of aromatic amines is 1. The van der Waals surface area contributed by atoms with E-state index >= 15 is 0 Å². The van der Waals surface area contributed by atoms with Gasteiger partial charge in [-0.25, -0.2) is 18.6 Å². The van der Waals surface area contributed by atoms with Crippen LogP contribution in [0.4, 0.5) is 25.0 Å². The molecule has 204 valence electrons. The van der Waals surface area contributed by atoms with Gasteiger partial charge in [-0.1, -0.05) is 23.8 Å². The third kappa shape index (κ3) is 6.61. The second-order valence-electron chi connectivity index (χ2n) is 8.81. The van der Waals surface area contributed by atoms with Crippen molar-refractivity contribution in [3.8, 4) is 11.3 Å². The Labute approximate surface area is 228 Å². The van der Waals surface area contributed by atoms with E-state index in [-0.39, 0.29) is 42.0 Å². The summed E-state index contributed by atoms with van der Waals surface area (Å²) < 4.78 is 33.8. The number of allylic oxidation sites excluding steroid dienone is 1. The first-order chi connectivity index (χ1) is 18.7. The van der Waals surface area contributed by atoms with Gasteiger partial charge in [0.05, 0.1) is 18.3 Å². The Bertz CT molecular complexity index is 1430. The van der Waals surface area contributed by atoms with E-state index < -0.39 is 35.2 Å². The number of imidazole rings is 1. The van der Waals surface area contributed by atoms with Crippen LogP contribution in [-0.2, 0) is 9.53 Å². The summed E-state index contributed by atoms with van der Waals surface area (Å²) in [6.07, 6.45) is 3.60. The minimum atomic E-state index is -0.978. The Morgan fingerprint density at radius 2 is 1.92 bits per heavy atom. The Morgan fingerprint density at radius 1 is 1.18 bits per heavy atom. The molecule has 1 atom stereocenters. The summed E-state index contributed by atoms with van der Waals surface area (Å²) in [6.45, 7) is 3.39. The number of aromatic nitrogens is 2. The number of nitrogens with zero attached hydrogens (tertiary/aromatic N) is 1. The molecule has 0 unspecified atom stereocenters. The van der Waals surface area contributed by atoms with E-state index in [9.17, 15) is 23.2 Å². The highest BCUT2D eigenvalue weighted by Crippen LogP contribution is 2.35. The first kappa shape index (κ1) is 27.8.